The zero-order chi connectivity index (χ0) is 14.4. The van der Waals surface area contributed by atoms with Crippen LogP contribution in [0.1, 0.15) is 11.3 Å². The average Bonchev–Trinajstić information content (AvgIpc) is 2.96. The zero-order valence-corrected chi connectivity index (χ0v) is 10.4. The van der Waals surface area contributed by atoms with E-state index in [2.05, 4.69) is 0 Å². The van der Waals surface area contributed by atoms with E-state index < -0.39 is 4.92 Å². The molecule has 1 aromatic heterocycles. The van der Waals surface area contributed by atoms with E-state index in [0.717, 1.165) is 0 Å². The van der Waals surface area contributed by atoms with Gasteiger partial charge in [-0.15, -0.1) is 0 Å². The third-order valence-electron chi connectivity index (χ3n) is 2.48. The van der Waals surface area contributed by atoms with E-state index in [1.54, 1.807) is 30.3 Å². The molecule has 0 aliphatic carbocycles. The number of carbonyl (C=O) groups is 1. The van der Waals surface area contributed by atoms with Crippen LogP contribution in [0.5, 0.6) is 0 Å². The Bertz CT molecular complexity index is 669. The minimum Gasteiger partial charge on any atom is -0.465 e. The molecule has 0 fully saturated rings. The van der Waals surface area contributed by atoms with Crippen LogP contribution < -0.4 is 0 Å². The first kappa shape index (κ1) is 13.5. The van der Waals surface area contributed by atoms with Gasteiger partial charge in [-0.3, -0.25) is 14.9 Å². The molecule has 0 N–H and O–H groups in total. The Hall–Kier alpha value is -2.95. The van der Waals surface area contributed by atoms with E-state index in [0.29, 0.717) is 11.3 Å². The second kappa shape index (κ2) is 6.29. The van der Waals surface area contributed by atoms with Gasteiger partial charge in [-0.1, -0.05) is 18.2 Å². The van der Waals surface area contributed by atoms with Crippen molar-refractivity contribution in [3.05, 3.63) is 76.3 Å². The third kappa shape index (κ3) is 3.78. The Labute approximate surface area is 115 Å². The number of non-ortho nitro benzene ring substituents is 1. The Morgan fingerprint density at radius 2 is 1.95 bits per heavy atom. The number of nitrogens with zero attached hydrogens (tertiary/aromatic N) is 1. The molecule has 0 aliphatic rings. The highest BCUT2D eigenvalue weighted by Crippen LogP contribution is 2.14. The van der Waals surface area contributed by atoms with Crippen molar-refractivity contribution in [3.63, 3.8) is 0 Å². The quantitative estimate of drug-likeness (QED) is 0.473. The number of nitro benzene ring substituents is 1. The topological polar surface area (TPSA) is 73.3 Å². The first-order chi connectivity index (χ1) is 9.65. The van der Waals surface area contributed by atoms with Crippen LogP contribution in [0.25, 0.3) is 12.2 Å². The zero-order valence-electron chi connectivity index (χ0n) is 10.4. The fraction of sp³-hybridized carbons (Fsp3) is 0. The molecule has 2 rings (SSSR count). The van der Waals surface area contributed by atoms with Crippen LogP contribution in [-0.2, 0) is 4.79 Å². The molecule has 5 nitrogen and oxygen atoms in total. The van der Waals surface area contributed by atoms with E-state index in [9.17, 15) is 14.9 Å². The maximum absolute atomic E-state index is 11.6. The predicted molar refractivity (Wildman–Crippen MR) is 74.9 cm³/mol. The van der Waals surface area contributed by atoms with Crippen LogP contribution in [0.4, 0.5) is 5.69 Å². The molecule has 0 spiro atoms. The maximum atomic E-state index is 11.6. The lowest BCUT2D eigenvalue weighted by molar-refractivity contribution is -0.384. The number of hydrogen-bond acceptors (Lipinski definition) is 4. The summed E-state index contributed by atoms with van der Waals surface area (Å²) >= 11 is 0. The highest BCUT2D eigenvalue weighted by atomic mass is 16.6. The molecule has 1 heterocycles. The number of hydrogen-bond donors (Lipinski definition) is 0. The molecule has 0 saturated carbocycles. The summed E-state index contributed by atoms with van der Waals surface area (Å²) in [7, 11) is 0. The van der Waals surface area contributed by atoms with Gasteiger partial charge in [0.15, 0.2) is 5.78 Å². The molecule has 100 valence electrons. The average molecular weight is 269 g/mol. The smallest absolute Gasteiger partial charge is 0.270 e. The summed E-state index contributed by atoms with van der Waals surface area (Å²) in [5.74, 6) is 0.356. The Kier molecular flexibility index (Phi) is 4.24. The molecule has 5 heteroatoms. The highest BCUT2D eigenvalue weighted by Gasteiger charge is 2.03. The summed E-state index contributed by atoms with van der Waals surface area (Å²) in [5, 5.41) is 10.6. The first-order valence-corrected chi connectivity index (χ1v) is 5.83. The molecule has 0 radical (unpaired) electrons. The van der Waals surface area contributed by atoms with Gasteiger partial charge in [-0.25, -0.2) is 0 Å². The molecular weight excluding hydrogens is 258 g/mol. The minimum atomic E-state index is -0.476. The molecule has 0 aliphatic heterocycles. The molecule has 0 amide bonds. The summed E-state index contributed by atoms with van der Waals surface area (Å²) in [6.45, 7) is 0. The molecule has 2 aromatic rings. The molecule has 1 aromatic carbocycles. The molecular formula is C15H11NO4. The second-order valence-electron chi connectivity index (χ2n) is 3.94. The van der Waals surface area contributed by atoms with Crippen molar-refractivity contribution in [2.75, 3.05) is 0 Å². The van der Waals surface area contributed by atoms with Gasteiger partial charge in [0.2, 0.25) is 0 Å². The minimum absolute atomic E-state index is 0.00859. The van der Waals surface area contributed by atoms with E-state index >= 15 is 0 Å². The van der Waals surface area contributed by atoms with Crippen molar-refractivity contribution in [2.45, 2.75) is 0 Å². The van der Waals surface area contributed by atoms with Gasteiger partial charge >= 0.3 is 0 Å². The molecule has 0 saturated heterocycles. The van der Waals surface area contributed by atoms with Crippen LogP contribution in [0.15, 0.2) is 59.2 Å². The van der Waals surface area contributed by atoms with Crippen molar-refractivity contribution in [3.8, 4) is 0 Å². The predicted octanol–water partition coefficient (Wildman–Crippen LogP) is 3.48. The normalized spacial score (nSPS) is 11.2. The second-order valence-corrected chi connectivity index (χ2v) is 3.94. The van der Waals surface area contributed by atoms with Crippen LogP contribution in [0, 0.1) is 10.1 Å². The maximum Gasteiger partial charge on any atom is 0.270 e. The monoisotopic (exact) mass is 269 g/mol. The summed E-state index contributed by atoms with van der Waals surface area (Å²) in [5.41, 5.74) is 0.588. The lowest BCUT2D eigenvalue weighted by atomic mass is 10.1. The van der Waals surface area contributed by atoms with Crippen LogP contribution in [-0.4, -0.2) is 10.7 Å². The number of benzene rings is 1. The fourth-order valence-electron chi connectivity index (χ4n) is 1.53. The molecule has 0 atom stereocenters. The fourth-order valence-corrected chi connectivity index (χ4v) is 1.53. The van der Waals surface area contributed by atoms with Crippen LogP contribution in [0.3, 0.4) is 0 Å². The van der Waals surface area contributed by atoms with E-state index in [4.69, 9.17) is 4.42 Å². The third-order valence-corrected chi connectivity index (χ3v) is 2.48. The van der Waals surface area contributed by atoms with Crippen molar-refractivity contribution >= 4 is 23.6 Å². The molecule has 20 heavy (non-hydrogen) atoms. The van der Waals surface area contributed by atoms with Crippen molar-refractivity contribution < 1.29 is 14.1 Å². The molecule has 0 unspecified atom stereocenters. The Morgan fingerprint density at radius 3 is 2.65 bits per heavy atom. The number of rotatable bonds is 5. The highest BCUT2D eigenvalue weighted by molar-refractivity contribution is 6.04. The van der Waals surface area contributed by atoms with Crippen molar-refractivity contribution in [1.29, 1.82) is 0 Å². The summed E-state index contributed by atoms with van der Waals surface area (Å²) in [4.78, 5) is 21.7. The Morgan fingerprint density at radius 1 is 1.15 bits per heavy atom. The lowest BCUT2D eigenvalue weighted by Crippen LogP contribution is -1.88. The summed E-state index contributed by atoms with van der Waals surface area (Å²) < 4.78 is 5.05. The number of nitro groups is 1. The van der Waals surface area contributed by atoms with Gasteiger partial charge in [-0.05, 0) is 35.9 Å². The Balaban J connectivity index is 2.03. The summed E-state index contributed by atoms with van der Waals surface area (Å²) in [6.07, 6.45) is 7.32. The first-order valence-electron chi connectivity index (χ1n) is 5.83. The van der Waals surface area contributed by atoms with E-state index in [1.165, 1.54) is 36.6 Å². The molecule has 0 bridgehead atoms. The van der Waals surface area contributed by atoms with Gasteiger partial charge < -0.3 is 4.42 Å². The van der Waals surface area contributed by atoms with E-state index in [1.807, 2.05) is 0 Å². The van der Waals surface area contributed by atoms with Gasteiger partial charge in [0, 0.05) is 12.1 Å². The summed E-state index contributed by atoms with van der Waals surface area (Å²) in [6, 6.07) is 9.52. The van der Waals surface area contributed by atoms with Gasteiger partial charge in [0.25, 0.3) is 5.69 Å². The number of carbonyl (C=O) groups excluding carboxylic acids is 1. The van der Waals surface area contributed by atoms with Gasteiger partial charge in [0.1, 0.15) is 5.76 Å². The number of allylic oxidation sites excluding steroid dienone is 2. The standard InChI is InChI=1S/C15H11NO4/c17-14(8-9-15-5-2-10-20-15)7-6-12-3-1-4-13(11-12)16(18)19/h1-11H/b7-6?,9-8+. The lowest BCUT2D eigenvalue weighted by Gasteiger charge is -1.93. The van der Waals surface area contributed by atoms with Crippen LogP contribution >= 0.6 is 0 Å². The van der Waals surface area contributed by atoms with Crippen molar-refractivity contribution in [1.82, 2.24) is 0 Å². The largest absolute Gasteiger partial charge is 0.465 e. The number of furan rings is 1. The SMILES string of the molecule is O=C(C=Cc1cccc([N+](=O)[O-])c1)/C=C/c1ccco1. The van der Waals surface area contributed by atoms with Crippen LogP contribution in [0.2, 0.25) is 0 Å². The van der Waals surface area contributed by atoms with Crippen molar-refractivity contribution in [2.24, 2.45) is 0 Å². The van der Waals surface area contributed by atoms with E-state index in [-0.39, 0.29) is 11.5 Å². The number of ketones is 1. The van der Waals surface area contributed by atoms with Gasteiger partial charge in [-0.2, -0.15) is 0 Å². The van der Waals surface area contributed by atoms with Gasteiger partial charge in [0.05, 0.1) is 11.2 Å².